The topological polar surface area (TPSA) is 29.1 Å². The number of amides is 1. The Hall–Kier alpha value is -1.40. The van der Waals surface area contributed by atoms with Crippen LogP contribution in [0, 0.1) is 19.3 Å². The second kappa shape index (κ2) is 6.24. The summed E-state index contributed by atoms with van der Waals surface area (Å²) >= 11 is 4.21. The Morgan fingerprint density at radius 3 is 3.00 bits per heavy atom. The summed E-state index contributed by atoms with van der Waals surface area (Å²) in [5.74, 6) is 2.47. The van der Waals surface area contributed by atoms with Crippen LogP contribution < -0.4 is 5.32 Å². The van der Waals surface area contributed by atoms with E-state index in [9.17, 15) is 4.79 Å². The average molecular weight is 233 g/mol. The number of unbranched alkanes of at least 4 members (excludes halogenated alkanes) is 1. The number of hydrogen-bond acceptors (Lipinski definition) is 2. The van der Waals surface area contributed by atoms with E-state index in [2.05, 4.69) is 23.9 Å². The van der Waals surface area contributed by atoms with Gasteiger partial charge in [0, 0.05) is 23.4 Å². The van der Waals surface area contributed by atoms with Crippen molar-refractivity contribution in [3.05, 3.63) is 29.3 Å². The van der Waals surface area contributed by atoms with Gasteiger partial charge < -0.3 is 5.32 Å². The van der Waals surface area contributed by atoms with E-state index in [-0.39, 0.29) is 5.91 Å². The lowest BCUT2D eigenvalue weighted by Crippen LogP contribution is -2.25. The van der Waals surface area contributed by atoms with Gasteiger partial charge in [-0.2, -0.15) is 0 Å². The van der Waals surface area contributed by atoms with Crippen LogP contribution in [0.25, 0.3) is 0 Å². The summed E-state index contributed by atoms with van der Waals surface area (Å²) in [4.78, 5) is 12.6. The molecule has 1 aromatic rings. The second-order valence-corrected chi connectivity index (χ2v) is 4.08. The van der Waals surface area contributed by atoms with E-state index in [0.29, 0.717) is 18.5 Å². The highest BCUT2D eigenvalue weighted by atomic mass is 32.1. The fourth-order valence-electron chi connectivity index (χ4n) is 1.34. The highest BCUT2D eigenvalue weighted by Gasteiger charge is 2.07. The quantitative estimate of drug-likeness (QED) is 0.467. The first kappa shape index (κ1) is 12.7. The van der Waals surface area contributed by atoms with Crippen LogP contribution in [-0.4, -0.2) is 12.5 Å². The molecule has 84 valence electrons. The minimum atomic E-state index is -0.0644. The van der Waals surface area contributed by atoms with E-state index >= 15 is 0 Å². The maximum absolute atomic E-state index is 11.8. The molecule has 0 bridgehead atoms. The molecule has 0 heterocycles. The van der Waals surface area contributed by atoms with Crippen LogP contribution in [0.1, 0.15) is 28.8 Å². The molecule has 1 N–H and O–H groups in total. The van der Waals surface area contributed by atoms with Crippen LogP contribution in [0.3, 0.4) is 0 Å². The van der Waals surface area contributed by atoms with Crippen LogP contribution >= 0.6 is 12.6 Å². The number of carbonyl (C=O) groups is 1. The lowest BCUT2D eigenvalue weighted by Gasteiger charge is -2.07. The molecule has 0 aliphatic heterocycles. The van der Waals surface area contributed by atoms with E-state index in [4.69, 9.17) is 6.42 Å². The van der Waals surface area contributed by atoms with Crippen LogP contribution in [0.5, 0.6) is 0 Å². The zero-order valence-corrected chi connectivity index (χ0v) is 10.2. The van der Waals surface area contributed by atoms with Crippen LogP contribution in [0.4, 0.5) is 0 Å². The molecular weight excluding hydrogens is 218 g/mol. The maximum Gasteiger partial charge on any atom is 0.251 e. The number of rotatable bonds is 4. The van der Waals surface area contributed by atoms with Gasteiger partial charge in [0.15, 0.2) is 0 Å². The van der Waals surface area contributed by atoms with Gasteiger partial charge in [-0.25, -0.2) is 0 Å². The molecule has 1 amide bonds. The Bertz CT molecular complexity index is 420. The van der Waals surface area contributed by atoms with E-state index in [1.165, 1.54) is 0 Å². The number of carbonyl (C=O) groups excluding carboxylic acids is 1. The third-order valence-corrected chi connectivity index (χ3v) is 2.53. The van der Waals surface area contributed by atoms with Gasteiger partial charge in [-0.15, -0.1) is 25.0 Å². The minimum Gasteiger partial charge on any atom is -0.352 e. The molecule has 0 fully saturated rings. The summed E-state index contributed by atoms with van der Waals surface area (Å²) < 4.78 is 0. The first-order valence-electron chi connectivity index (χ1n) is 5.16. The van der Waals surface area contributed by atoms with Crippen molar-refractivity contribution < 1.29 is 4.79 Å². The molecule has 16 heavy (non-hydrogen) atoms. The van der Waals surface area contributed by atoms with Gasteiger partial charge in [-0.05, 0) is 31.0 Å². The van der Waals surface area contributed by atoms with Crippen molar-refractivity contribution in [1.29, 1.82) is 0 Å². The third-order valence-electron chi connectivity index (χ3n) is 2.25. The number of hydrogen-bond donors (Lipinski definition) is 2. The molecule has 0 aliphatic carbocycles. The molecule has 0 aliphatic rings. The van der Waals surface area contributed by atoms with Crippen LogP contribution in [-0.2, 0) is 0 Å². The van der Waals surface area contributed by atoms with Crippen molar-refractivity contribution in [2.45, 2.75) is 24.7 Å². The molecule has 0 aromatic heterocycles. The van der Waals surface area contributed by atoms with Gasteiger partial charge in [0.1, 0.15) is 0 Å². The highest BCUT2D eigenvalue weighted by molar-refractivity contribution is 7.80. The van der Waals surface area contributed by atoms with Gasteiger partial charge in [-0.1, -0.05) is 6.07 Å². The molecule has 0 saturated carbocycles. The molecule has 0 atom stereocenters. The number of aryl methyl sites for hydroxylation is 1. The largest absolute Gasteiger partial charge is 0.352 e. The van der Waals surface area contributed by atoms with Gasteiger partial charge >= 0.3 is 0 Å². The van der Waals surface area contributed by atoms with E-state index in [1.807, 2.05) is 19.1 Å². The van der Waals surface area contributed by atoms with Crippen LogP contribution in [0.15, 0.2) is 23.1 Å². The van der Waals surface area contributed by atoms with Crippen LogP contribution in [0.2, 0.25) is 0 Å². The number of thiol groups is 1. The first-order chi connectivity index (χ1) is 7.65. The zero-order valence-electron chi connectivity index (χ0n) is 9.29. The van der Waals surface area contributed by atoms with E-state index < -0.39 is 0 Å². The number of terminal acetylenes is 1. The fraction of sp³-hybridized carbons (Fsp3) is 0.308. The molecule has 0 radical (unpaired) electrons. The highest BCUT2D eigenvalue weighted by Crippen LogP contribution is 2.13. The molecule has 0 saturated heterocycles. The molecule has 1 rings (SSSR count). The lowest BCUT2D eigenvalue weighted by atomic mass is 10.1. The summed E-state index contributed by atoms with van der Waals surface area (Å²) in [6, 6.07) is 5.53. The maximum atomic E-state index is 11.8. The van der Waals surface area contributed by atoms with E-state index in [1.54, 1.807) is 6.07 Å². The average Bonchev–Trinajstić information content (AvgIpc) is 2.27. The number of nitrogens with one attached hydrogen (secondary N) is 1. The van der Waals surface area contributed by atoms with Crippen molar-refractivity contribution in [3.63, 3.8) is 0 Å². The first-order valence-corrected chi connectivity index (χ1v) is 5.61. The standard InChI is InChI=1S/C13H15NOS/c1-3-4-5-8-14-13(15)12-9-11(16)7-6-10(12)2/h1,6-7,9,16H,4-5,8H2,2H3,(H,14,15). The van der Waals surface area contributed by atoms with Crippen molar-refractivity contribution in [2.24, 2.45) is 0 Å². The third kappa shape index (κ3) is 3.63. The molecular formula is C13H15NOS. The summed E-state index contributed by atoms with van der Waals surface area (Å²) in [6.07, 6.45) is 6.62. The monoisotopic (exact) mass is 233 g/mol. The van der Waals surface area contributed by atoms with Crippen molar-refractivity contribution in [1.82, 2.24) is 5.32 Å². The Morgan fingerprint density at radius 1 is 1.56 bits per heavy atom. The van der Waals surface area contributed by atoms with Crippen molar-refractivity contribution in [3.8, 4) is 12.3 Å². The molecule has 0 spiro atoms. The van der Waals surface area contributed by atoms with E-state index in [0.717, 1.165) is 16.9 Å². The lowest BCUT2D eigenvalue weighted by molar-refractivity contribution is 0.0952. The molecule has 1 aromatic carbocycles. The van der Waals surface area contributed by atoms with Crippen molar-refractivity contribution >= 4 is 18.5 Å². The summed E-state index contributed by atoms with van der Waals surface area (Å²) in [5.41, 5.74) is 1.63. The molecule has 0 unspecified atom stereocenters. The van der Waals surface area contributed by atoms with Gasteiger partial charge in [-0.3, -0.25) is 4.79 Å². The predicted molar refractivity (Wildman–Crippen MR) is 68.8 cm³/mol. The summed E-state index contributed by atoms with van der Waals surface area (Å²) in [7, 11) is 0. The number of benzene rings is 1. The summed E-state index contributed by atoms with van der Waals surface area (Å²) in [5, 5.41) is 2.83. The Kier molecular flexibility index (Phi) is 4.94. The van der Waals surface area contributed by atoms with Gasteiger partial charge in [0.25, 0.3) is 5.91 Å². The fourth-order valence-corrected chi connectivity index (χ4v) is 1.55. The Balaban J connectivity index is 2.59. The molecule has 3 heteroatoms. The minimum absolute atomic E-state index is 0.0644. The Labute approximate surface area is 102 Å². The summed E-state index contributed by atoms with van der Waals surface area (Å²) in [6.45, 7) is 2.52. The Morgan fingerprint density at radius 2 is 2.31 bits per heavy atom. The van der Waals surface area contributed by atoms with Crippen molar-refractivity contribution in [2.75, 3.05) is 6.54 Å². The SMILES string of the molecule is C#CCCCNC(=O)c1cc(S)ccc1C. The smallest absolute Gasteiger partial charge is 0.251 e. The predicted octanol–water partition coefficient (Wildman–Crippen LogP) is 2.43. The zero-order chi connectivity index (χ0) is 12.0. The molecule has 2 nitrogen and oxygen atoms in total. The van der Waals surface area contributed by atoms with Gasteiger partial charge in [0.2, 0.25) is 0 Å². The second-order valence-electron chi connectivity index (χ2n) is 3.56. The van der Waals surface area contributed by atoms with Gasteiger partial charge in [0.05, 0.1) is 0 Å². The normalized spacial score (nSPS) is 9.56.